The van der Waals surface area contributed by atoms with Gasteiger partial charge in [-0.2, -0.15) is 0 Å². The van der Waals surface area contributed by atoms with Crippen molar-refractivity contribution in [3.05, 3.63) is 0 Å². The lowest BCUT2D eigenvalue weighted by molar-refractivity contribution is 0.333. The molecule has 2 aliphatic rings. The average molecular weight is 234 g/mol. The monoisotopic (exact) mass is 233 g/mol. The van der Waals surface area contributed by atoms with Gasteiger partial charge < -0.3 is 16.4 Å². The number of hydrogen-bond acceptors (Lipinski definition) is 3. The van der Waals surface area contributed by atoms with Crippen LogP contribution in [-0.4, -0.2) is 31.2 Å². The molecule has 1 saturated heterocycles. The largest absolute Gasteiger partial charge is 0.328 e. The van der Waals surface area contributed by atoms with Gasteiger partial charge in [-0.25, -0.2) is 0 Å². The van der Waals surface area contributed by atoms with E-state index in [-0.39, 0.29) is 12.4 Å². The van der Waals surface area contributed by atoms with E-state index in [0.29, 0.717) is 6.04 Å². The van der Waals surface area contributed by atoms with E-state index in [4.69, 9.17) is 5.73 Å². The van der Waals surface area contributed by atoms with E-state index < -0.39 is 0 Å². The Morgan fingerprint density at radius 1 is 1.13 bits per heavy atom. The molecule has 0 aromatic heterocycles. The van der Waals surface area contributed by atoms with Gasteiger partial charge in [-0.3, -0.25) is 0 Å². The first-order valence-electron chi connectivity index (χ1n) is 6.07. The van der Waals surface area contributed by atoms with Gasteiger partial charge in [-0.1, -0.05) is 0 Å². The fraction of sp³-hybridized carbons (Fsp3) is 1.00. The summed E-state index contributed by atoms with van der Waals surface area (Å²) in [5, 5.41) is 7.18. The Morgan fingerprint density at radius 2 is 1.87 bits per heavy atom. The van der Waals surface area contributed by atoms with Crippen LogP contribution in [0.4, 0.5) is 0 Å². The highest BCUT2D eigenvalue weighted by atomic mass is 35.5. The molecular weight excluding hydrogens is 210 g/mol. The van der Waals surface area contributed by atoms with Crippen molar-refractivity contribution in [2.75, 3.05) is 13.1 Å². The summed E-state index contributed by atoms with van der Waals surface area (Å²) < 4.78 is 0. The zero-order valence-electron chi connectivity index (χ0n) is 9.37. The van der Waals surface area contributed by atoms with Gasteiger partial charge in [-0.15, -0.1) is 12.4 Å². The lowest BCUT2D eigenvalue weighted by atomic mass is 9.92. The molecule has 3 nitrogen and oxygen atoms in total. The van der Waals surface area contributed by atoms with Crippen LogP contribution < -0.4 is 16.4 Å². The van der Waals surface area contributed by atoms with Crippen LogP contribution in [0.25, 0.3) is 0 Å². The van der Waals surface area contributed by atoms with Crippen molar-refractivity contribution >= 4 is 12.4 Å². The molecule has 1 heterocycles. The quantitative estimate of drug-likeness (QED) is 0.682. The average Bonchev–Trinajstić information content (AvgIpc) is 2.70. The van der Waals surface area contributed by atoms with Crippen molar-refractivity contribution in [2.45, 2.75) is 56.7 Å². The summed E-state index contributed by atoms with van der Waals surface area (Å²) in [5.74, 6) is 0. The number of rotatable bonds is 3. The molecular formula is C11H24ClN3. The second-order valence-electron chi connectivity index (χ2n) is 4.81. The van der Waals surface area contributed by atoms with Crippen LogP contribution in [0.15, 0.2) is 0 Å². The maximum Gasteiger partial charge on any atom is 0.0193 e. The zero-order chi connectivity index (χ0) is 9.80. The van der Waals surface area contributed by atoms with Gasteiger partial charge in [0.15, 0.2) is 0 Å². The van der Waals surface area contributed by atoms with Gasteiger partial charge in [0, 0.05) is 24.7 Å². The summed E-state index contributed by atoms with van der Waals surface area (Å²) in [5.41, 5.74) is 5.88. The summed E-state index contributed by atoms with van der Waals surface area (Å²) >= 11 is 0. The molecule has 0 spiro atoms. The highest BCUT2D eigenvalue weighted by Gasteiger charge is 2.20. The van der Waals surface area contributed by atoms with Crippen molar-refractivity contribution in [3.8, 4) is 0 Å². The van der Waals surface area contributed by atoms with Crippen LogP contribution in [0.5, 0.6) is 0 Å². The Balaban J connectivity index is 0.00000112. The molecule has 1 saturated carbocycles. The standard InChI is InChI=1S/C11H23N3.ClH/c12-9-3-5-10(6-4-9)14-8-11-2-1-7-13-11;/h9-11,13-14H,1-8,12H2;1H/t9?,10?,11-;/m0./s1. The number of halogens is 1. The topological polar surface area (TPSA) is 50.1 Å². The molecule has 4 N–H and O–H groups in total. The number of nitrogens with one attached hydrogen (secondary N) is 2. The predicted octanol–water partition coefficient (Wildman–Crippen LogP) is 1.02. The van der Waals surface area contributed by atoms with Gasteiger partial charge in [0.1, 0.15) is 0 Å². The number of hydrogen-bond donors (Lipinski definition) is 3. The minimum Gasteiger partial charge on any atom is -0.328 e. The van der Waals surface area contributed by atoms with E-state index in [1.165, 1.54) is 45.1 Å². The Kier molecular flexibility index (Phi) is 5.90. The SMILES string of the molecule is Cl.NC1CCC(NC[C@@H]2CCCN2)CC1. The molecule has 0 aromatic carbocycles. The third-order valence-electron chi connectivity index (χ3n) is 3.59. The molecule has 1 aliphatic carbocycles. The van der Waals surface area contributed by atoms with Gasteiger partial charge in [0.25, 0.3) is 0 Å². The second kappa shape index (κ2) is 6.69. The summed E-state index contributed by atoms with van der Waals surface area (Å²) in [6.07, 6.45) is 7.65. The third kappa shape index (κ3) is 4.27. The van der Waals surface area contributed by atoms with Crippen molar-refractivity contribution < 1.29 is 0 Å². The van der Waals surface area contributed by atoms with E-state index in [9.17, 15) is 0 Å². The number of nitrogens with two attached hydrogens (primary N) is 1. The summed E-state index contributed by atoms with van der Waals surface area (Å²) in [6, 6.07) is 1.93. The van der Waals surface area contributed by atoms with Crippen molar-refractivity contribution in [2.24, 2.45) is 5.73 Å². The maximum absolute atomic E-state index is 5.88. The summed E-state index contributed by atoms with van der Waals surface area (Å²) in [7, 11) is 0. The molecule has 0 amide bonds. The molecule has 15 heavy (non-hydrogen) atoms. The fourth-order valence-corrected chi connectivity index (χ4v) is 2.56. The maximum atomic E-state index is 5.88. The first-order valence-corrected chi connectivity index (χ1v) is 6.07. The molecule has 4 heteroatoms. The molecule has 2 fully saturated rings. The molecule has 0 bridgehead atoms. The van der Waals surface area contributed by atoms with Crippen LogP contribution in [0, 0.1) is 0 Å². The lowest BCUT2D eigenvalue weighted by Gasteiger charge is -2.28. The Hall–Kier alpha value is 0.170. The highest BCUT2D eigenvalue weighted by Crippen LogP contribution is 2.17. The third-order valence-corrected chi connectivity index (χ3v) is 3.59. The van der Waals surface area contributed by atoms with Gasteiger partial charge in [0.05, 0.1) is 0 Å². The minimum absolute atomic E-state index is 0. The van der Waals surface area contributed by atoms with E-state index in [1.807, 2.05) is 0 Å². The molecule has 1 aliphatic heterocycles. The van der Waals surface area contributed by atoms with Crippen molar-refractivity contribution in [1.82, 2.24) is 10.6 Å². The Morgan fingerprint density at radius 3 is 2.47 bits per heavy atom. The van der Waals surface area contributed by atoms with E-state index in [1.54, 1.807) is 0 Å². The molecule has 0 radical (unpaired) electrons. The minimum atomic E-state index is 0. The molecule has 2 rings (SSSR count). The highest BCUT2D eigenvalue weighted by molar-refractivity contribution is 5.85. The van der Waals surface area contributed by atoms with Gasteiger partial charge in [-0.05, 0) is 45.1 Å². The smallest absolute Gasteiger partial charge is 0.0193 e. The second-order valence-corrected chi connectivity index (χ2v) is 4.81. The summed E-state index contributed by atoms with van der Waals surface area (Å²) in [6.45, 7) is 2.36. The normalized spacial score (nSPS) is 36.2. The predicted molar refractivity (Wildman–Crippen MR) is 66.5 cm³/mol. The van der Waals surface area contributed by atoms with Crippen LogP contribution in [0.2, 0.25) is 0 Å². The molecule has 0 unspecified atom stereocenters. The first kappa shape index (κ1) is 13.2. The molecule has 1 atom stereocenters. The van der Waals surface area contributed by atoms with Gasteiger partial charge >= 0.3 is 0 Å². The first-order chi connectivity index (χ1) is 6.84. The molecule has 0 aromatic rings. The van der Waals surface area contributed by atoms with Crippen LogP contribution in [-0.2, 0) is 0 Å². The van der Waals surface area contributed by atoms with E-state index >= 15 is 0 Å². The fourth-order valence-electron chi connectivity index (χ4n) is 2.56. The van der Waals surface area contributed by atoms with Crippen molar-refractivity contribution in [1.29, 1.82) is 0 Å². The summed E-state index contributed by atoms with van der Waals surface area (Å²) in [4.78, 5) is 0. The van der Waals surface area contributed by atoms with Crippen LogP contribution in [0.1, 0.15) is 38.5 Å². The Bertz CT molecular complexity index is 163. The van der Waals surface area contributed by atoms with Crippen LogP contribution in [0.3, 0.4) is 0 Å². The van der Waals surface area contributed by atoms with Crippen molar-refractivity contribution in [3.63, 3.8) is 0 Å². The zero-order valence-corrected chi connectivity index (χ0v) is 10.2. The van der Waals surface area contributed by atoms with E-state index in [2.05, 4.69) is 10.6 Å². The van der Waals surface area contributed by atoms with E-state index in [0.717, 1.165) is 18.6 Å². The van der Waals surface area contributed by atoms with Gasteiger partial charge in [0.2, 0.25) is 0 Å². The Labute approximate surface area is 99.0 Å². The lowest BCUT2D eigenvalue weighted by Crippen LogP contribution is -2.42. The molecule has 90 valence electrons. The van der Waals surface area contributed by atoms with Crippen LogP contribution >= 0.6 is 12.4 Å².